The lowest BCUT2D eigenvalue weighted by atomic mass is 9.54. The van der Waals surface area contributed by atoms with E-state index in [1.54, 1.807) is 6.20 Å². The third-order valence-electron chi connectivity index (χ3n) is 6.73. The van der Waals surface area contributed by atoms with Gasteiger partial charge in [0.15, 0.2) is 6.29 Å². The highest BCUT2D eigenvalue weighted by molar-refractivity contribution is 5.83. The number of hydrogen-bond acceptors (Lipinski definition) is 4. The summed E-state index contributed by atoms with van der Waals surface area (Å²) in [5.41, 5.74) is 1.43. The van der Waals surface area contributed by atoms with E-state index in [4.69, 9.17) is 0 Å². The van der Waals surface area contributed by atoms with Gasteiger partial charge in [-0.2, -0.15) is 0 Å². The molecule has 4 fully saturated rings. The minimum atomic E-state index is -0.282. The van der Waals surface area contributed by atoms with Crippen LogP contribution < -0.4 is 10.9 Å². The monoisotopic (exact) mass is 337 g/mol. The molecule has 4 aliphatic rings. The van der Waals surface area contributed by atoms with Gasteiger partial charge in [0.05, 0.1) is 0 Å². The van der Waals surface area contributed by atoms with E-state index in [0.29, 0.717) is 35.6 Å². The number of nitrogens with zero attached hydrogens (tertiary/aromatic N) is 2. The summed E-state index contributed by atoms with van der Waals surface area (Å²) >= 11 is 0. The first-order valence-corrected chi connectivity index (χ1v) is 9.37. The lowest BCUT2D eigenvalue weighted by molar-refractivity contribution is 0.00740. The molecule has 4 saturated carbocycles. The third kappa shape index (κ3) is 2.25. The SMILES string of the molecule is Cc1cccn2c(=O)c(C=O)c(NC3C4CC5CC(C4)CC3C5)nc12. The van der Waals surface area contributed by atoms with Crippen molar-refractivity contribution in [3.05, 3.63) is 39.8 Å². The van der Waals surface area contributed by atoms with Gasteiger partial charge in [-0.15, -0.1) is 0 Å². The van der Waals surface area contributed by atoms with Crippen molar-refractivity contribution >= 4 is 17.8 Å². The van der Waals surface area contributed by atoms with Crippen LogP contribution in [0.25, 0.3) is 5.65 Å². The van der Waals surface area contributed by atoms with E-state index >= 15 is 0 Å². The summed E-state index contributed by atoms with van der Waals surface area (Å²) in [6.45, 7) is 1.94. The van der Waals surface area contributed by atoms with Crippen LogP contribution in [-0.2, 0) is 0 Å². The average Bonchev–Trinajstić information content (AvgIpc) is 2.59. The van der Waals surface area contributed by atoms with Crippen molar-refractivity contribution in [3.8, 4) is 0 Å². The van der Waals surface area contributed by atoms with Crippen molar-refractivity contribution < 1.29 is 4.79 Å². The fraction of sp³-hybridized carbons (Fsp3) is 0.550. The molecule has 0 unspecified atom stereocenters. The molecule has 0 aromatic carbocycles. The minimum Gasteiger partial charge on any atom is -0.366 e. The Labute approximate surface area is 146 Å². The van der Waals surface area contributed by atoms with Crippen LogP contribution in [-0.4, -0.2) is 21.7 Å². The van der Waals surface area contributed by atoms with Crippen molar-refractivity contribution in [1.82, 2.24) is 9.38 Å². The maximum Gasteiger partial charge on any atom is 0.270 e. The van der Waals surface area contributed by atoms with Gasteiger partial charge in [-0.1, -0.05) is 6.07 Å². The highest BCUT2D eigenvalue weighted by Gasteiger charge is 2.48. The largest absolute Gasteiger partial charge is 0.366 e. The number of fused-ring (bicyclic) bond motifs is 1. The van der Waals surface area contributed by atoms with E-state index < -0.39 is 0 Å². The first-order valence-electron chi connectivity index (χ1n) is 9.37. The van der Waals surface area contributed by atoms with Crippen molar-refractivity contribution in [3.63, 3.8) is 0 Å². The van der Waals surface area contributed by atoms with Crippen molar-refractivity contribution in [2.24, 2.45) is 23.7 Å². The van der Waals surface area contributed by atoms with Crippen LogP contribution in [0, 0.1) is 30.6 Å². The molecule has 130 valence electrons. The van der Waals surface area contributed by atoms with Crippen LogP contribution in [0.2, 0.25) is 0 Å². The number of aldehydes is 1. The van der Waals surface area contributed by atoms with Gasteiger partial charge in [-0.05, 0) is 74.3 Å². The Kier molecular flexibility index (Phi) is 3.27. The van der Waals surface area contributed by atoms with Crippen molar-refractivity contribution in [2.75, 3.05) is 5.32 Å². The maximum absolute atomic E-state index is 12.7. The minimum absolute atomic E-state index is 0.150. The third-order valence-corrected chi connectivity index (χ3v) is 6.73. The molecule has 5 heteroatoms. The number of carbonyl (C=O) groups excluding carboxylic acids is 1. The molecule has 25 heavy (non-hydrogen) atoms. The predicted molar refractivity (Wildman–Crippen MR) is 96.0 cm³/mol. The Morgan fingerprint density at radius 3 is 2.48 bits per heavy atom. The van der Waals surface area contributed by atoms with Gasteiger partial charge in [0.2, 0.25) is 0 Å². The standard InChI is InChI=1S/C20H23N3O2/c1-11-3-2-4-23-19(11)22-18(16(10-24)20(23)25)21-17-14-6-12-5-13(8-14)9-15(17)7-12/h2-4,10,12-15,17,21H,5-9H2,1H3. The van der Waals surface area contributed by atoms with E-state index in [1.165, 1.54) is 36.5 Å². The second-order valence-electron chi connectivity index (χ2n) is 8.28. The summed E-state index contributed by atoms with van der Waals surface area (Å²) in [4.78, 5) is 29.0. The second kappa shape index (κ2) is 5.41. The zero-order chi connectivity index (χ0) is 17.1. The average molecular weight is 337 g/mol. The number of aromatic nitrogens is 2. The van der Waals surface area contributed by atoms with E-state index in [-0.39, 0.29) is 11.1 Å². The maximum atomic E-state index is 12.7. The zero-order valence-corrected chi connectivity index (χ0v) is 14.4. The molecule has 0 aliphatic heterocycles. The molecule has 0 spiro atoms. The highest BCUT2D eigenvalue weighted by Crippen LogP contribution is 2.54. The Hall–Kier alpha value is -2.17. The Morgan fingerprint density at radius 2 is 1.84 bits per heavy atom. The summed E-state index contributed by atoms with van der Waals surface area (Å²) < 4.78 is 1.47. The molecule has 2 aromatic heterocycles. The van der Waals surface area contributed by atoms with Gasteiger partial charge in [0, 0.05) is 12.2 Å². The Morgan fingerprint density at radius 1 is 1.16 bits per heavy atom. The smallest absolute Gasteiger partial charge is 0.270 e. The summed E-state index contributed by atoms with van der Waals surface area (Å²) in [6.07, 6.45) is 8.88. The molecular formula is C20H23N3O2. The molecule has 0 saturated heterocycles. The van der Waals surface area contributed by atoms with Crippen LogP contribution in [0.4, 0.5) is 5.82 Å². The Bertz CT molecular complexity index is 889. The molecule has 0 amide bonds. The number of anilines is 1. The van der Waals surface area contributed by atoms with Crippen LogP contribution in [0.15, 0.2) is 23.1 Å². The van der Waals surface area contributed by atoms with Gasteiger partial charge in [0.1, 0.15) is 17.0 Å². The number of rotatable bonds is 3. The molecule has 0 atom stereocenters. The molecule has 2 heterocycles. The number of pyridine rings is 1. The number of nitrogens with one attached hydrogen (secondary N) is 1. The second-order valence-corrected chi connectivity index (χ2v) is 8.28. The first kappa shape index (κ1) is 15.1. The van der Waals surface area contributed by atoms with Gasteiger partial charge in [-0.3, -0.25) is 14.0 Å². The van der Waals surface area contributed by atoms with E-state index in [9.17, 15) is 9.59 Å². The summed E-state index contributed by atoms with van der Waals surface area (Å²) in [5.74, 6) is 3.58. The van der Waals surface area contributed by atoms with Crippen LogP contribution in [0.1, 0.15) is 48.0 Å². The van der Waals surface area contributed by atoms with E-state index in [0.717, 1.165) is 17.4 Å². The molecular weight excluding hydrogens is 314 g/mol. The van der Waals surface area contributed by atoms with Gasteiger partial charge >= 0.3 is 0 Å². The number of aryl methyl sites for hydroxylation is 1. The van der Waals surface area contributed by atoms with Crippen LogP contribution in [0.5, 0.6) is 0 Å². The summed E-state index contributed by atoms with van der Waals surface area (Å²) in [5, 5.41) is 3.55. The van der Waals surface area contributed by atoms with Crippen molar-refractivity contribution in [2.45, 2.75) is 45.1 Å². The zero-order valence-electron chi connectivity index (χ0n) is 14.4. The predicted octanol–water partition coefficient (Wildman–Crippen LogP) is 3.05. The summed E-state index contributed by atoms with van der Waals surface area (Å²) in [6, 6.07) is 4.10. The molecule has 5 nitrogen and oxygen atoms in total. The number of carbonyl (C=O) groups is 1. The Balaban J connectivity index is 1.58. The molecule has 0 radical (unpaired) electrons. The molecule has 2 aromatic rings. The van der Waals surface area contributed by atoms with Gasteiger partial charge < -0.3 is 5.32 Å². The summed E-state index contributed by atoms with van der Waals surface area (Å²) in [7, 11) is 0. The van der Waals surface area contributed by atoms with E-state index in [2.05, 4.69) is 10.3 Å². The number of hydrogen-bond donors (Lipinski definition) is 1. The van der Waals surface area contributed by atoms with Crippen LogP contribution in [0.3, 0.4) is 0 Å². The fourth-order valence-electron chi connectivity index (χ4n) is 5.85. The van der Waals surface area contributed by atoms with E-state index in [1.807, 2.05) is 19.1 Å². The van der Waals surface area contributed by atoms with Crippen LogP contribution >= 0.6 is 0 Å². The van der Waals surface area contributed by atoms with Gasteiger partial charge in [0.25, 0.3) is 5.56 Å². The topological polar surface area (TPSA) is 63.5 Å². The van der Waals surface area contributed by atoms with Gasteiger partial charge in [-0.25, -0.2) is 4.98 Å². The lowest BCUT2D eigenvalue weighted by Gasteiger charge is -2.54. The highest BCUT2D eigenvalue weighted by atomic mass is 16.1. The normalized spacial score (nSPS) is 32.9. The quantitative estimate of drug-likeness (QED) is 0.875. The molecule has 4 bridgehead atoms. The van der Waals surface area contributed by atoms with Crippen molar-refractivity contribution in [1.29, 1.82) is 0 Å². The molecule has 4 aliphatic carbocycles. The first-order chi connectivity index (χ1) is 12.1. The lowest BCUT2D eigenvalue weighted by Crippen LogP contribution is -2.51. The fourth-order valence-corrected chi connectivity index (χ4v) is 5.85. The molecule has 1 N–H and O–H groups in total. The molecule has 6 rings (SSSR count).